The molecule has 94 valence electrons. The normalized spacial score (nSPS) is 11.5. The Kier molecular flexibility index (Phi) is 3.64. The van der Waals surface area contributed by atoms with Crippen LogP contribution in [-0.2, 0) is 11.3 Å². The molecular weight excluding hydrogens is 273 g/mol. The van der Waals surface area contributed by atoms with Crippen molar-refractivity contribution in [2.75, 3.05) is 0 Å². The fraction of sp³-hybridized carbons (Fsp3) is 0.154. The van der Waals surface area contributed by atoms with Crippen LogP contribution in [-0.4, -0.2) is 15.6 Å². The summed E-state index contributed by atoms with van der Waals surface area (Å²) in [5.74, 6) is -1.00. The maximum Gasteiger partial charge on any atom is 0.328 e. The van der Waals surface area contributed by atoms with Gasteiger partial charge >= 0.3 is 5.97 Å². The highest BCUT2D eigenvalue weighted by Crippen LogP contribution is 2.32. The minimum Gasteiger partial charge on any atom is -0.478 e. The molecule has 1 heterocycles. The number of hydrogen-bond acceptors (Lipinski definition) is 1. The SMILES string of the molecule is CCn1c(Cl)c(/C=C/C(=O)O)c2ccc(Cl)cc21. The summed E-state index contributed by atoms with van der Waals surface area (Å²) in [4.78, 5) is 10.6. The molecule has 1 aromatic carbocycles. The Bertz CT molecular complexity index is 644. The van der Waals surface area contributed by atoms with E-state index < -0.39 is 5.97 Å². The van der Waals surface area contributed by atoms with Crippen molar-refractivity contribution in [2.45, 2.75) is 13.5 Å². The Hall–Kier alpha value is -1.45. The lowest BCUT2D eigenvalue weighted by Crippen LogP contribution is -1.93. The van der Waals surface area contributed by atoms with Crippen molar-refractivity contribution >= 4 is 46.2 Å². The van der Waals surface area contributed by atoms with E-state index in [1.807, 2.05) is 23.6 Å². The van der Waals surface area contributed by atoms with Gasteiger partial charge in [-0.15, -0.1) is 0 Å². The molecule has 0 spiro atoms. The first-order chi connectivity index (χ1) is 8.54. The van der Waals surface area contributed by atoms with Gasteiger partial charge in [0.1, 0.15) is 5.15 Å². The number of rotatable bonds is 3. The molecule has 2 rings (SSSR count). The van der Waals surface area contributed by atoms with Gasteiger partial charge in [0.15, 0.2) is 0 Å². The fourth-order valence-corrected chi connectivity index (χ4v) is 2.48. The largest absolute Gasteiger partial charge is 0.478 e. The highest BCUT2D eigenvalue weighted by Gasteiger charge is 2.13. The maximum absolute atomic E-state index is 10.6. The van der Waals surface area contributed by atoms with E-state index in [2.05, 4.69) is 0 Å². The van der Waals surface area contributed by atoms with Gasteiger partial charge in [0.25, 0.3) is 0 Å². The van der Waals surface area contributed by atoms with Crippen LogP contribution in [0.2, 0.25) is 10.2 Å². The minimum absolute atomic E-state index is 0.521. The molecule has 1 N–H and O–H groups in total. The summed E-state index contributed by atoms with van der Waals surface area (Å²) >= 11 is 12.2. The van der Waals surface area contributed by atoms with Gasteiger partial charge in [0.05, 0.1) is 5.52 Å². The van der Waals surface area contributed by atoms with Crippen molar-refractivity contribution in [1.29, 1.82) is 0 Å². The van der Waals surface area contributed by atoms with Gasteiger partial charge in [-0.25, -0.2) is 4.79 Å². The zero-order valence-corrected chi connectivity index (χ0v) is 11.2. The van der Waals surface area contributed by atoms with Crippen molar-refractivity contribution < 1.29 is 9.90 Å². The average Bonchev–Trinajstić information content (AvgIpc) is 2.57. The number of halogens is 2. The molecule has 0 aliphatic rings. The number of carboxylic acids is 1. The number of aromatic nitrogens is 1. The number of hydrogen-bond donors (Lipinski definition) is 1. The predicted molar refractivity (Wildman–Crippen MR) is 74.3 cm³/mol. The van der Waals surface area contributed by atoms with Gasteiger partial charge in [-0.2, -0.15) is 0 Å². The number of nitrogens with zero attached hydrogens (tertiary/aromatic N) is 1. The zero-order valence-electron chi connectivity index (χ0n) is 9.65. The molecule has 0 saturated carbocycles. The van der Waals surface area contributed by atoms with E-state index in [4.69, 9.17) is 28.3 Å². The summed E-state index contributed by atoms with van der Waals surface area (Å²) in [6.07, 6.45) is 2.59. The molecule has 2 aromatic rings. The van der Waals surface area contributed by atoms with Gasteiger partial charge in [-0.05, 0) is 25.1 Å². The van der Waals surface area contributed by atoms with Crippen LogP contribution in [0.4, 0.5) is 0 Å². The van der Waals surface area contributed by atoms with Crippen molar-refractivity contribution in [3.8, 4) is 0 Å². The molecule has 0 atom stereocenters. The second-order valence-electron chi connectivity index (χ2n) is 3.78. The monoisotopic (exact) mass is 283 g/mol. The zero-order chi connectivity index (χ0) is 13.3. The summed E-state index contributed by atoms with van der Waals surface area (Å²) in [5, 5.41) is 10.7. The summed E-state index contributed by atoms with van der Waals surface area (Å²) in [5.41, 5.74) is 1.60. The Labute approximate surface area is 114 Å². The van der Waals surface area contributed by atoms with Crippen LogP contribution in [0, 0.1) is 0 Å². The van der Waals surface area contributed by atoms with E-state index in [1.54, 1.807) is 6.07 Å². The summed E-state index contributed by atoms with van der Waals surface area (Å²) in [7, 11) is 0. The molecule has 3 nitrogen and oxygen atoms in total. The lowest BCUT2D eigenvalue weighted by Gasteiger charge is -2.02. The Morgan fingerprint density at radius 2 is 2.17 bits per heavy atom. The number of aryl methyl sites for hydroxylation is 1. The fourth-order valence-electron chi connectivity index (χ4n) is 1.94. The minimum atomic E-state index is -1.00. The number of fused-ring (bicyclic) bond motifs is 1. The van der Waals surface area contributed by atoms with Crippen LogP contribution in [0.3, 0.4) is 0 Å². The van der Waals surface area contributed by atoms with Crippen molar-refractivity contribution in [2.24, 2.45) is 0 Å². The molecule has 0 fully saturated rings. The van der Waals surface area contributed by atoms with Crippen LogP contribution >= 0.6 is 23.2 Å². The van der Waals surface area contributed by atoms with Gasteiger partial charge in [0.2, 0.25) is 0 Å². The van der Waals surface area contributed by atoms with E-state index in [0.717, 1.165) is 17.0 Å². The van der Waals surface area contributed by atoms with Crippen LogP contribution in [0.25, 0.3) is 17.0 Å². The lowest BCUT2D eigenvalue weighted by atomic mass is 10.1. The molecule has 0 radical (unpaired) electrons. The lowest BCUT2D eigenvalue weighted by molar-refractivity contribution is -0.131. The average molecular weight is 284 g/mol. The highest BCUT2D eigenvalue weighted by molar-refractivity contribution is 6.34. The van der Waals surface area contributed by atoms with Crippen LogP contribution in [0.15, 0.2) is 24.3 Å². The Morgan fingerprint density at radius 1 is 1.44 bits per heavy atom. The number of carbonyl (C=O) groups is 1. The smallest absolute Gasteiger partial charge is 0.328 e. The quantitative estimate of drug-likeness (QED) is 0.863. The molecule has 0 saturated heterocycles. The molecule has 18 heavy (non-hydrogen) atoms. The highest BCUT2D eigenvalue weighted by atomic mass is 35.5. The van der Waals surface area contributed by atoms with Crippen molar-refractivity contribution in [3.05, 3.63) is 40.0 Å². The van der Waals surface area contributed by atoms with Crippen LogP contribution < -0.4 is 0 Å². The Morgan fingerprint density at radius 3 is 2.78 bits per heavy atom. The van der Waals surface area contributed by atoms with Gasteiger partial charge in [-0.1, -0.05) is 29.3 Å². The van der Waals surface area contributed by atoms with Gasteiger partial charge in [-0.3, -0.25) is 0 Å². The molecule has 0 bridgehead atoms. The first kappa shape index (κ1) is 13.0. The molecular formula is C13H11Cl2NO2. The van der Waals surface area contributed by atoms with Gasteiger partial charge < -0.3 is 9.67 Å². The molecule has 0 amide bonds. The van der Waals surface area contributed by atoms with Crippen LogP contribution in [0.1, 0.15) is 12.5 Å². The Balaban J connectivity index is 2.73. The summed E-state index contributed by atoms with van der Waals surface area (Å²) in [6, 6.07) is 5.43. The second-order valence-corrected chi connectivity index (χ2v) is 4.58. The van der Waals surface area contributed by atoms with Crippen molar-refractivity contribution in [1.82, 2.24) is 4.57 Å². The number of carboxylic acid groups (broad SMARTS) is 1. The standard InChI is InChI=1S/C13H11Cl2NO2/c1-2-16-11-7-8(14)3-4-9(11)10(13(16)15)5-6-12(17)18/h3-7H,2H2,1H3,(H,17,18)/b6-5+. The van der Waals surface area contributed by atoms with E-state index in [0.29, 0.717) is 22.3 Å². The number of aliphatic carboxylic acids is 1. The molecule has 0 aliphatic carbocycles. The maximum atomic E-state index is 10.6. The summed E-state index contributed by atoms with van der Waals surface area (Å²) < 4.78 is 1.89. The first-order valence-electron chi connectivity index (χ1n) is 5.42. The molecule has 0 unspecified atom stereocenters. The number of benzene rings is 1. The second kappa shape index (κ2) is 5.04. The van der Waals surface area contributed by atoms with E-state index in [9.17, 15) is 4.79 Å². The van der Waals surface area contributed by atoms with Gasteiger partial charge in [0, 0.05) is 28.6 Å². The molecule has 5 heteroatoms. The van der Waals surface area contributed by atoms with Crippen molar-refractivity contribution in [3.63, 3.8) is 0 Å². The summed E-state index contributed by atoms with van der Waals surface area (Å²) in [6.45, 7) is 2.66. The topological polar surface area (TPSA) is 42.2 Å². The predicted octanol–water partition coefficient (Wildman–Crippen LogP) is 4.07. The molecule has 0 aliphatic heterocycles. The van der Waals surface area contributed by atoms with E-state index in [-0.39, 0.29) is 0 Å². The first-order valence-corrected chi connectivity index (χ1v) is 6.18. The van der Waals surface area contributed by atoms with E-state index >= 15 is 0 Å². The third kappa shape index (κ3) is 2.24. The van der Waals surface area contributed by atoms with Crippen LogP contribution in [0.5, 0.6) is 0 Å². The third-order valence-corrected chi connectivity index (χ3v) is 3.35. The third-order valence-electron chi connectivity index (χ3n) is 2.71. The molecule has 1 aromatic heterocycles. The van der Waals surface area contributed by atoms with E-state index in [1.165, 1.54) is 6.08 Å².